The number of aromatic carboxylic acids is 1. The Morgan fingerprint density at radius 1 is 1.50 bits per heavy atom. The molecular weight excluding hydrogens is 184 g/mol. The minimum Gasteiger partial charge on any atom is -0.504 e. The van der Waals surface area contributed by atoms with E-state index in [2.05, 4.69) is 0 Å². The first-order valence-electron chi connectivity index (χ1n) is 4.34. The lowest BCUT2D eigenvalue weighted by atomic mass is 9.89. The van der Waals surface area contributed by atoms with Crippen LogP contribution >= 0.6 is 0 Å². The summed E-state index contributed by atoms with van der Waals surface area (Å²) in [7, 11) is 0. The maximum Gasteiger partial charge on any atom is 0.375 e. The van der Waals surface area contributed by atoms with Crippen molar-refractivity contribution in [2.24, 2.45) is 5.41 Å². The van der Waals surface area contributed by atoms with Gasteiger partial charge in [-0.2, -0.15) is 0 Å². The normalized spacial score (nSPS) is 11.6. The van der Waals surface area contributed by atoms with Gasteiger partial charge in [0.15, 0.2) is 5.75 Å². The Morgan fingerprint density at radius 2 is 2.07 bits per heavy atom. The minimum atomic E-state index is -1.25. The van der Waals surface area contributed by atoms with Crippen LogP contribution in [0, 0.1) is 5.41 Å². The lowest BCUT2D eigenvalue weighted by Crippen LogP contribution is -2.08. The fraction of sp³-hybridized carbons (Fsp3) is 0.500. The second-order valence-corrected chi connectivity index (χ2v) is 4.48. The third-order valence-electron chi connectivity index (χ3n) is 1.75. The number of furan rings is 1. The molecule has 1 aromatic rings. The maximum atomic E-state index is 10.5. The predicted octanol–water partition coefficient (Wildman–Crippen LogP) is 2.27. The van der Waals surface area contributed by atoms with Crippen molar-refractivity contribution in [2.75, 3.05) is 0 Å². The summed E-state index contributed by atoms with van der Waals surface area (Å²) < 4.78 is 4.75. The molecule has 14 heavy (non-hydrogen) atoms. The molecule has 0 aromatic carbocycles. The molecule has 1 aromatic heterocycles. The van der Waals surface area contributed by atoms with Gasteiger partial charge in [-0.1, -0.05) is 20.8 Å². The van der Waals surface area contributed by atoms with Crippen molar-refractivity contribution in [1.29, 1.82) is 0 Å². The van der Waals surface area contributed by atoms with E-state index in [0.29, 0.717) is 12.0 Å². The number of carboxylic acids is 1. The van der Waals surface area contributed by atoms with Crippen LogP contribution in [-0.4, -0.2) is 16.2 Å². The van der Waals surface area contributed by atoms with Crippen molar-refractivity contribution in [1.82, 2.24) is 0 Å². The van der Waals surface area contributed by atoms with Gasteiger partial charge >= 0.3 is 5.97 Å². The molecule has 0 saturated carbocycles. The van der Waals surface area contributed by atoms with Crippen LogP contribution in [0.15, 0.2) is 10.7 Å². The van der Waals surface area contributed by atoms with Gasteiger partial charge in [-0.3, -0.25) is 0 Å². The Hall–Kier alpha value is -1.45. The Kier molecular flexibility index (Phi) is 2.55. The lowest BCUT2D eigenvalue weighted by molar-refractivity contribution is 0.0658. The summed E-state index contributed by atoms with van der Waals surface area (Å²) in [5.41, 5.74) is 0.520. The van der Waals surface area contributed by atoms with Crippen molar-refractivity contribution in [3.63, 3.8) is 0 Å². The van der Waals surface area contributed by atoms with Gasteiger partial charge in [0, 0.05) is 5.56 Å². The second-order valence-electron chi connectivity index (χ2n) is 4.48. The van der Waals surface area contributed by atoms with Crippen molar-refractivity contribution < 1.29 is 19.4 Å². The van der Waals surface area contributed by atoms with Gasteiger partial charge in [0.1, 0.15) is 0 Å². The number of aromatic hydroxyl groups is 1. The van der Waals surface area contributed by atoms with E-state index in [1.165, 1.54) is 6.26 Å². The van der Waals surface area contributed by atoms with E-state index in [1.807, 2.05) is 20.8 Å². The van der Waals surface area contributed by atoms with Crippen LogP contribution in [0.2, 0.25) is 0 Å². The number of hydrogen-bond acceptors (Lipinski definition) is 3. The zero-order valence-electron chi connectivity index (χ0n) is 8.50. The molecular formula is C10H14O4. The first-order valence-corrected chi connectivity index (χ1v) is 4.34. The highest BCUT2D eigenvalue weighted by Crippen LogP contribution is 2.30. The monoisotopic (exact) mass is 198 g/mol. The summed E-state index contributed by atoms with van der Waals surface area (Å²) in [5, 5.41) is 18.1. The highest BCUT2D eigenvalue weighted by atomic mass is 16.4. The van der Waals surface area contributed by atoms with E-state index in [1.54, 1.807) is 0 Å². The first kappa shape index (κ1) is 10.6. The molecule has 0 aliphatic carbocycles. The topological polar surface area (TPSA) is 70.7 Å². The lowest BCUT2D eigenvalue weighted by Gasteiger charge is -2.16. The van der Waals surface area contributed by atoms with Gasteiger partial charge in [0.25, 0.3) is 5.76 Å². The van der Waals surface area contributed by atoms with Crippen molar-refractivity contribution >= 4 is 5.97 Å². The summed E-state index contributed by atoms with van der Waals surface area (Å²) in [6, 6.07) is 0. The average molecular weight is 198 g/mol. The van der Waals surface area contributed by atoms with Crippen LogP contribution in [0.25, 0.3) is 0 Å². The molecule has 2 N–H and O–H groups in total. The highest BCUT2D eigenvalue weighted by molar-refractivity contribution is 5.88. The highest BCUT2D eigenvalue weighted by Gasteiger charge is 2.22. The van der Waals surface area contributed by atoms with E-state index in [4.69, 9.17) is 9.52 Å². The quantitative estimate of drug-likeness (QED) is 0.764. The molecule has 4 heteroatoms. The van der Waals surface area contributed by atoms with Gasteiger partial charge < -0.3 is 14.6 Å². The standard InChI is InChI=1S/C10H14O4/c1-10(2,3)4-6-5-14-8(7(6)11)9(12)13/h5,11H,4H2,1-3H3,(H,12,13). The number of carbonyl (C=O) groups is 1. The smallest absolute Gasteiger partial charge is 0.375 e. The molecule has 0 saturated heterocycles. The molecule has 0 radical (unpaired) electrons. The Balaban J connectivity index is 2.96. The van der Waals surface area contributed by atoms with Crippen LogP contribution in [0.5, 0.6) is 5.75 Å². The maximum absolute atomic E-state index is 10.5. The fourth-order valence-electron chi connectivity index (χ4n) is 1.24. The second kappa shape index (κ2) is 3.36. The summed E-state index contributed by atoms with van der Waals surface area (Å²) in [6.45, 7) is 6.00. The van der Waals surface area contributed by atoms with Gasteiger partial charge in [-0.15, -0.1) is 0 Å². The van der Waals surface area contributed by atoms with Crippen molar-refractivity contribution in [3.05, 3.63) is 17.6 Å². The molecule has 0 bridgehead atoms. The average Bonchev–Trinajstić information content (AvgIpc) is 2.29. The van der Waals surface area contributed by atoms with Crippen molar-refractivity contribution in [3.8, 4) is 5.75 Å². The summed E-state index contributed by atoms with van der Waals surface area (Å²) in [6.07, 6.45) is 1.87. The number of rotatable bonds is 2. The van der Waals surface area contributed by atoms with E-state index >= 15 is 0 Å². The summed E-state index contributed by atoms with van der Waals surface area (Å²) in [5.74, 6) is -1.89. The Morgan fingerprint density at radius 3 is 2.43 bits per heavy atom. The van der Waals surface area contributed by atoms with Gasteiger partial charge in [-0.05, 0) is 11.8 Å². The molecule has 1 heterocycles. The van der Waals surface area contributed by atoms with Crippen LogP contribution in [-0.2, 0) is 6.42 Å². The molecule has 0 aliphatic rings. The third-order valence-corrected chi connectivity index (χ3v) is 1.75. The Bertz CT molecular complexity index is 343. The SMILES string of the molecule is CC(C)(C)Cc1coc(C(=O)O)c1O. The Labute approximate surface area is 82.2 Å². The first-order chi connectivity index (χ1) is 6.31. The van der Waals surface area contributed by atoms with E-state index in [-0.39, 0.29) is 16.9 Å². The summed E-state index contributed by atoms with van der Waals surface area (Å²) >= 11 is 0. The fourth-order valence-corrected chi connectivity index (χ4v) is 1.24. The van der Waals surface area contributed by atoms with Gasteiger partial charge in [0.2, 0.25) is 0 Å². The van der Waals surface area contributed by atoms with Crippen LogP contribution in [0.4, 0.5) is 0 Å². The largest absolute Gasteiger partial charge is 0.504 e. The number of carboxylic acid groups (broad SMARTS) is 1. The molecule has 0 amide bonds. The molecule has 78 valence electrons. The molecule has 0 aliphatic heterocycles. The summed E-state index contributed by atoms with van der Waals surface area (Å²) in [4.78, 5) is 10.5. The number of hydrogen-bond donors (Lipinski definition) is 2. The van der Waals surface area contributed by atoms with Crippen LogP contribution < -0.4 is 0 Å². The van der Waals surface area contributed by atoms with Crippen molar-refractivity contribution in [2.45, 2.75) is 27.2 Å². The zero-order chi connectivity index (χ0) is 10.9. The molecule has 0 fully saturated rings. The van der Waals surface area contributed by atoms with Gasteiger partial charge in [-0.25, -0.2) is 4.79 Å². The van der Waals surface area contributed by atoms with E-state index < -0.39 is 5.97 Å². The third kappa shape index (κ3) is 2.28. The van der Waals surface area contributed by atoms with Crippen LogP contribution in [0.3, 0.4) is 0 Å². The molecule has 0 spiro atoms. The van der Waals surface area contributed by atoms with Crippen LogP contribution in [0.1, 0.15) is 36.9 Å². The zero-order valence-corrected chi connectivity index (χ0v) is 8.50. The molecule has 1 rings (SSSR count). The minimum absolute atomic E-state index is 0.0167. The molecule has 0 atom stereocenters. The predicted molar refractivity (Wildman–Crippen MR) is 50.5 cm³/mol. The molecule has 4 nitrogen and oxygen atoms in total. The van der Waals surface area contributed by atoms with E-state index in [9.17, 15) is 9.90 Å². The van der Waals surface area contributed by atoms with Gasteiger partial charge in [0.05, 0.1) is 6.26 Å². The van der Waals surface area contributed by atoms with E-state index in [0.717, 1.165) is 0 Å². The molecule has 0 unspecified atom stereocenters.